The molecule has 3 heterocycles. The SMILES string of the molecule is c1ccc2cc(-c3nc(-c4cccc5c4sc4ccccc45)nc(-c4cccc5oc6c7c(ccc6c45)-c4cccc5cccc-7c45)n3)ccc2c1. The third kappa shape index (κ3) is 3.88. The summed E-state index contributed by atoms with van der Waals surface area (Å²) < 4.78 is 9.23. The molecule has 1 aliphatic rings. The first-order valence-corrected chi connectivity index (χ1v) is 18.3. The number of aromatic nitrogens is 3. The first kappa shape index (κ1) is 28.1. The molecule has 0 atom stereocenters. The van der Waals surface area contributed by atoms with E-state index in [0.717, 1.165) is 49.6 Å². The lowest BCUT2D eigenvalue weighted by atomic mass is 9.99. The van der Waals surface area contributed by atoms with Crippen LogP contribution in [0.2, 0.25) is 0 Å². The van der Waals surface area contributed by atoms with Gasteiger partial charge >= 0.3 is 0 Å². The molecule has 0 amide bonds. The molecular formula is C47H25N3OS. The summed E-state index contributed by atoms with van der Waals surface area (Å²) in [7, 11) is 0. The average molecular weight is 680 g/mol. The topological polar surface area (TPSA) is 51.8 Å². The van der Waals surface area contributed by atoms with Crippen LogP contribution < -0.4 is 0 Å². The second kappa shape index (κ2) is 10.4. The highest BCUT2D eigenvalue weighted by Crippen LogP contribution is 2.52. The maximum atomic E-state index is 6.82. The van der Waals surface area contributed by atoms with Crippen LogP contribution in [0.3, 0.4) is 0 Å². The van der Waals surface area contributed by atoms with Gasteiger partial charge in [-0.25, -0.2) is 15.0 Å². The van der Waals surface area contributed by atoms with E-state index in [1.165, 1.54) is 53.0 Å². The highest BCUT2D eigenvalue weighted by molar-refractivity contribution is 7.26. The predicted octanol–water partition coefficient (Wildman–Crippen LogP) is 13.1. The summed E-state index contributed by atoms with van der Waals surface area (Å²) in [6.45, 7) is 0. The van der Waals surface area contributed by atoms with Gasteiger partial charge < -0.3 is 4.42 Å². The zero-order chi connectivity index (χ0) is 33.9. The van der Waals surface area contributed by atoms with E-state index in [-0.39, 0.29) is 0 Å². The van der Waals surface area contributed by atoms with Gasteiger partial charge in [0.15, 0.2) is 17.5 Å². The first-order chi connectivity index (χ1) is 25.8. The smallest absolute Gasteiger partial charge is 0.165 e. The Morgan fingerprint density at radius 3 is 2.04 bits per heavy atom. The average Bonchev–Trinajstić information content (AvgIpc) is 3.88. The molecule has 0 saturated heterocycles. The van der Waals surface area contributed by atoms with Crippen LogP contribution >= 0.6 is 11.3 Å². The number of hydrogen-bond donors (Lipinski definition) is 0. The number of fused-ring (bicyclic) bond motifs is 11. The summed E-state index contributed by atoms with van der Waals surface area (Å²) in [5.74, 6) is 1.90. The molecule has 52 heavy (non-hydrogen) atoms. The van der Waals surface area contributed by atoms with Gasteiger partial charge in [0.05, 0.1) is 0 Å². The monoisotopic (exact) mass is 679 g/mol. The largest absolute Gasteiger partial charge is 0.455 e. The summed E-state index contributed by atoms with van der Waals surface area (Å²) in [6, 6.07) is 53.6. The maximum Gasteiger partial charge on any atom is 0.165 e. The Morgan fingerprint density at radius 1 is 0.423 bits per heavy atom. The molecule has 3 aromatic heterocycles. The number of furan rings is 1. The molecule has 0 radical (unpaired) electrons. The van der Waals surface area contributed by atoms with Crippen LogP contribution in [-0.4, -0.2) is 15.0 Å². The van der Waals surface area contributed by atoms with Crippen molar-refractivity contribution in [2.45, 2.75) is 0 Å². The third-order valence-electron chi connectivity index (χ3n) is 10.7. The standard InChI is InChI=1S/C47H25N3OS/c1-2-10-28-25-29(22-21-26(28)9-1)45-48-46(50-47(49-45)37-18-7-15-33-30-13-3-4-20-39(30)52-44(33)37)36-17-8-19-38-41(36)35-24-23-32-31-14-5-11-27-12-6-16-34(40(27)31)42(32)43(35)51-38/h1-25H. The molecule has 0 saturated carbocycles. The second-order valence-corrected chi connectivity index (χ2v) is 14.6. The van der Waals surface area contributed by atoms with E-state index in [1.54, 1.807) is 11.3 Å². The number of nitrogens with zero attached hydrogens (tertiary/aromatic N) is 3. The van der Waals surface area contributed by atoms with Crippen molar-refractivity contribution in [3.8, 4) is 56.4 Å². The fourth-order valence-corrected chi connectivity index (χ4v) is 9.55. The van der Waals surface area contributed by atoms with Crippen LogP contribution in [0.15, 0.2) is 156 Å². The van der Waals surface area contributed by atoms with E-state index in [9.17, 15) is 0 Å². The van der Waals surface area contributed by atoms with Crippen molar-refractivity contribution in [2.75, 3.05) is 0 Å². The van der Waals surface area contributed by atoms with E-state index < -0.39 is 0 Å². The van der Waals surface area contributed by atoms with Crippen molar-refractivity contribution in [1.29, 1.82) is 0 Å². The summed E-state index contributed by atoms with van der Waals surface area (Å²) >= 11 is 1.78. The van der Waals surface area contributed by atoms with E-state index in [2.05, 4.69) is 146 Å². The van der Waals surface area contributed by atoms with Crippen molar-refractivity contribution in [3.63, 3.8) is 0 Å². The molecule has 0 N–H and O–H groups in total. The molecule has 8 aromatic carbocycles. The van der Waals surface area contributed by atoms with Crippen molar-refractivity contribution in [3.05, 3.63) is 152 Å². The van der Waals surface area contributed by atoms with Crippen LogP contribution in [0.5, 0.6) is 0 Å². The lowest BCUT2D eigenvalue weighted by Crippen LogP contribution is -2.00. The maximum absolute atomic E-state index is 6.82. The van der Waals surface area contributed by atoms with Gasteiger partial charge in [0.25, 0.3) is 0 Å². The van der Waals surface area contributed by atoms with Crippen molar-refractivity contribution in [2.24, 2.45) is 0 Å². The Labute approximate surface area is 301 Å². The molecule has 4 nitrogen and oxygen atoms in total. The van der Waals surface area contributed by atoms with Crippen LogP contribution in [0.25, 0.3) is 120 Å². The second-order valence-electron chi connectivity index (χ2n) is 13.5. The fourth-order valence-electron chi connectivity index (χ4n) is 8.34. The zero-order valence-corrected chi connectivity index (χ0v) is 28.4. The Hall–Kier alpha value is -6.69. The fraction of sp³-hybridized carbons (Fsp3) is 0. The third-order valence-corrected chi connectivity index (χ3v) is 11.9. The molecule has 0 fully saturated rings. The minimum Gasteiger partial charge on any atom is -0.455 e. The van der Waals surface area contributed by atoms with E-state index >= 15 is 0 Å². The number of hydrogen-bond acceptors (Lipinski definition) is 5. The van der Waals surface area contributed by atoms with Crippen LogP contribution in [0.1, 0.15) is 0 Å². The van der Waals surface area contributed by atoms with Crippen molar-refractivity contribution < 1.29 is 4.42 Å². The summed E-state index contributed by atoms with van der Waals surface area (Å²) in [6.07, 6.45) is 0. The van der Waals surface area contributed by atoms with Crippen LogP contribution in [0.4, 0.5) is 0 Å². The lowest BCUT2D eigenvalue weighted by Gasteiger charge is -2.10. The highest BCUT2D eigenvalue weighted by Gasteiger charge is 2.27. The van der Waals surface area contributed by atoms with Gasteiger partial charge in [0.1, 0.15) is 11.2 Å². The van der Waals surface area contributed by atoms with Gasteiger partial charge in [0, 0.05) is 53.2 Å². The zero-order valence-electron chi connectivity index (χ0n) is 27.6. The summed E-state index contributed by atoms with van der Waals surface area (Å²) in [5, 5.41) is 9.35. The van der Waals surface area contributed by atoms with Crippen LogP contribution in [-0.2, 0) is 0 Å². The van der Waals surface area contributed by atoms with Crippen molar-refractivity contribution >= 4 is 75.0 Å². The van der Waals surface area contributed by atoms with E-state index in [1.807, 2.05) is 6.07 Å². The minimum absolute atomic E-state index is 0.616. The molecule has 11 aromatic rings. The first-order valence-electron chi connectivity index (χ1n) is 17.4. The molecule has 0 unspecified atom stereocenters. The molecular weight excluding hydrogens is 655 g/mol. The quantitative estimate of drug-likeness (QED) is 0.186. The summed E-state index contributed by atoms with van der Waals surface area (Å²) in [5.41, 5.74) is 9.38. The Kier molecular flexibility index (Phi) is 5.62. The minimum atomic E-state index is 0.616. The molecule has 5 heteroatoms. The van der Waals surface area contributed by atoms with Gasteiger partial charge in [-0.05, 0) is 68.6 Å². The van der Waals surface area contributed by atoms with Gasteiger partial charge in [-0.2, -0.15) is 0 Å². The Morgan fingerprint density at radius 2 is 1.12 bits per heavy atom. The van der Waals surface area contributed by atoms with Gasteiger partial charge in [-0.3, -0.25) is 0 Å². The normalized spacial score (nSPS) is 12.2. The molecule has 0 aliphatic heterocycles. The highest BCUT2D eigenvalue weighted by atomic mass is 32.1. The molecule has 240 valence electrons. The number of benzene rings is 8. The van der Waals surface area contributed by atoms with E-state index in [4.69, 9.17) is 19.4 Å². The van der Waals surface area contributed by atoms with Gasteiger partial charge in [-0.1, -0.05) is 121 Å². The predicted molar refractivity (Wildman–Crippen MR) is 216 cm³/mol. The van der Waals surface area contributed by atoms with Crippen molar-refractivity contribution in [1.82, 2.24) is 15.0 Å². The Balaban J connectivity index is 1.13. The molecule has 0 bridgehead atoms. The lowest BCUT2D eigenvalue weighted by molar-refractivity contribution is 0.670. The number of thiophene rings is 1. The van der Waals surface area contributed by atoms with Gasteiger partial charge in [0.2, 0.25) is 0 Å². The summed E-state index contributed by atoms with van der Waals surface area (Å²) in [4.78, 5) is 15.7. The molecule has 0 spiro atoms. The molecule has 12 rings (SSSR count). The van der Waals surface area contributed by atoms with E-state index in [0.29, 0.717) is 17.5 Å². The van der Waals surface area contributed by atoms with Gasteiger partial charge in [-0.15, -0.1) is 11.3 Å². The number of rotatable bonds is 3. The molecule has 1 aliphatic carbocycles. The van der Waals surface area contributed by atoms with Crippen LogP contribution in [0, 0.1) is 0 Å². The Bertz CT molecular complexity index is 3310.